The van der Waals surface area contributed by atoms with E-state index in [2.05, 4.69) is 47.4 Å². The SMILES string of the molecule is Cc1ccccc1Cc1[c]ncnc1C. The Labute approximate surface area is 90.0 Å². The smallest absolute Gasteiger partial charge is 0.116 e. The Morgan fingerprint density at radius 2 is 2.00 bits per heavy atom. The second kappa shape index (κ2) is 4.22. The number of aromatic nitrogens is 2. The summed E-state index contributed by atoms with van der Waals surface area (Å²) in [5.74, 6) is 0. The molecule has 1 aromatic carbocycles. The highest BCUT2D eigenvalue weighted by molar-refractivity contribution is 5.31. The molecule has 0 unspecified atom stereocenters. The van der Waals surface area contributed by atoms with Gasteiger partial charge in [-0.3, -0.25) is 0 Å². The summed E-state index contributed by atoms with van der Waals surface area (Å²) in [6, 6.07) is 8.36. The molecule has 15 heavy (non-hydrogen) atoms. The minimum Gasteiger partial charge on any atom is -0.241 e. The molecule has 0 bridgehead atoms. The minimum atomic E-state index is 0.860. The molecule has 2 rings (SSSR count). The molecule has 1 aromatic heterocycles. The Hall–Kier alpha value is -1.70. The Bertz CT molecular complexity index is 420. The third kappa shape index (κ3) is 2.21. The van der Waals surface area contributed by atoms with Crippen molar-refractivity contribution in [1.29, 1.82) is 0 Å². The van der Waals surface area contributed by atoms with Gasteiger partial charge in [0.2, 0.25) is 0 Å². The molecule has 0 atom stereocenters. The van der Waals surface area contributed by atoms with Gasteiger partial charge in [0.15, 0.2) is 0 Å². The lowest BCUT2D eigenvalue weighted by Gasteiger charge is -2.06. The van der Waals surface area contributed by atoms with Crippen LogP contribution >= 0.6 is 0 Å². The first-order valence-corrected chi connectivity index (χ1v) is 5.00. The van der Waals surface area contributed by atoms with Crippen LogP contribution in [0.3, 0.4) is 0 Å². The van der Waals surface area contributed by atoms with Gasteiger partial charge >= 0.3 is 0 Å². The third-order valence-electron chi connectivity index (χ3n) is 2.57. The molecule has 0 N–H and O–H groups in total. The second-order valence-electron chi connectivity index (χ2n) is 3.65. The topological polar surface area (TPSA) is 25.8 Å². The number of rotatable bonds is 2. The van der Waals surface area contributed by atoms with E-state index in [-0.39, 0.29) is 0 Å². The van der Waals surface area contributed by atoms with E-state index in [9.17, 15) is 0 Å². The third-order valence-corrected chi connectivity index (χ3v) is 2.57. The zero-order valence-corrected chi connectivity index (χ0v) is 8.99. The zero-order chi connectivity index (χ0) is 10.7. The molecule has 2 aromatic rings. The van der Waals surface area contributed by atoms with Crippen molar-refractivity contribution in [3.63, 3.8) is 0 Å². The standard InChI is InChI=1S/C13H13N2/c1-10-5-3-4-6-12(10)7-13-8-14-9-15-11(13)2/h3-6,9H,7H2,1-2H3. The van der Waals surface area contributed by atoms with Gasteiger partial charge in [0.25, 0.3) is 0 Å². The van der Waals surface area contributed by atoms with Gasteiger partial charge in [0, 0.05) is 17.7 Å². The van der Waals surface area contributed by atoms with Crippen molar-refractivity contribution in [3.05, 3.63) is 59.2 Å². The molecule has 0 aliphatic heterocycles. The molecule has 2 nitrogen and oxygen atoms in total. The van der Waals surface area contributed by atoms with E-state index in [0.29, 0.717) is 0 Å². The van der Waals surface area contributed by atoms with Gasteiger partial charge in [-0.2, -0.15) is 0 Å². The van der Waals surface area contributed by atoms with Crippen LogP contribution in [0.4, 0.5) is 0 Å². The van der Waals surface area contributed by atoms with E-state index in [1.165, 1.54) is 17.5 Å². The molecule has 2 heteroatoms. The molecule has 0 fully saturated rings. The van der Waals surface area contributed by atoms with Crippen LogP contribution < -0.4 is 0 Å². The summed E-state index contributed by atoms with van der Waals surface area (Å²) in [6.07, 6.45) is 5.40. The summed E-state index contributed by atoms with van der Waals surface area (Å²) in [7, 11) is 0. The van der Waals surface area contributed by atoms with Crippen LogP contribution in [0, 0.1) is 20.0 Å². The van der Waals surface area contributed by atoms with Crippen LogP contribution in [-0.4, -0.2) is 9.97 Å². The number of aryl methyl sites for hydroxylation is 2. The number of hydrogen-bond acceptors (Lipinski definition) is 2. The van der Waals surface area contributed by atoms with Gasteiger partial charge in [-0.05, 0) is 25.0 Å². The minimum absolute atomic E-state index is 0.860. The molecule has 1 radical (unpaired) electrons. The highest BCUT2D eigenvalue weighted by Gasteiger charge is 2.03. The Morgan fingerprint density at radius 1 is 1.20 bits per heavy atom. The lowest BCUT2D eigenvalue weighted by atomic mass is 10.0. The summed E-state index contributed by atoms with van der Waals surface area (Å²) in [4.78, 5) is 8.10. The summed E-state index contributed by atoms with van der Waals surface area (Å²) >= 11 is 0. The van der Waals surface area contributed by atoms with E-state index < -0.39 is 0 Å². The average molecular weight is 197 g/mol. The fourth-order valence-corrected chi connectivity index (χ4v) is 1.55. The number of nitrogens with zero attached hydrogens (tertiary/aromatic N) is 2. The average Bonchev–Trinajstić information content (AvgIpc) is 2.24. The Kier molecular flexibility index (Phi) is 2.77. The van der Waals surface area contributed by atoms with Crippen molar-refractivity contribution in [3.8, 4) is 0 Å². The second-order valence-corrected chi connectivity index (χ2v) is 3.65. The Morgan fingerprint density at radius 3 is 2.73 bits per heavy atom. The van der Waals surface area contributed by atoms with Crippen molar-refractivity contribution in [2.24, 2.45) is 0 Å². The molecule has 75 valence electrons. The maximum absolute atomic E-state index is 4.16. The molecule has 0 spiro atoms. The molecular weight excluding hydrogens is 184 g/mol. The van der Waals surface area contributed by atoms with Crippen LogP contribution in [-0.2, 0) is 6.42 Å². The predicted octanol–water partition coefficient (Wildman–Crippen LogP) is 2.48. The maximum atomic E-state index is 4.16. The van der Waals surface area contributed by atoms with Crippen molar-refractivity contribution in [2.45, 2.75) is 20.3 Å². The van der Waals surface area contributed by atoms with Crippen molar-refractivity contribution in [1.82, 2.24) is 9.97 Å². The monoisotopic (exact) mass is 197 g/mol. The van der Waals surface area contributed by atoms with Crippen LogP contribution in [0.1, 0.15) is 22.4 Å². The molecular formula is C13H13N2. The van der Waals surface area contributed by atoms with Gasteiger partial charge in [0.05, 0.1) is 6.20 Å². The summed E-state index contributed by atoms with van der Waals surface area (Å²) < 4.78 is 0. The van der Waals surface area contributed by atoms with Gasteiger partial charge in [-0.15, -0.1) is 0 Å². The van der Waals surface area contributed by atoms with Gasteiger partial charge in [0.1, 0.15) is 6.33 Å². The fourth-order valence-electron chi connectivity index (χ4n) is 1.55. The molecule has 0 amide bonds. The van der Waals surface area contributed by atoms with E-state index in [0.717, 1.165) is 17.7 Å². The number of hydrogen-bond donors (Lipinski definition) is 0. The molecule has 0 aliphatic carbocycles. The maximum Gasteiger partial charge on any atom is 0.116 e. The first-order chi connectivity index (χ1) is 7.27. The van der Waals surface area contributed by atoms with E-state index >= 15 is 0 Å². The van der Waals surface area contributed by atoms with Crippen LogP contribution in [0.5, 0.6) is 0 Å². The summed E-state index contributed by atoms with van der Waals surface area (Å²) in [5, 5.41) is 0. The van der Waals surface area contributed by atoms with Crippen molar-refractivity contribution >= 4 is 0 Å². The molecule has 1 heterocycles. The summed E-state index contributed by atoms with van der Waals surface area (Å²) in [5.41, 5.74) is 4.70. The Balaban J connectivity index is 2.30. The quantitative estimate of drug-likeness (QED) is 0.739. The van der Waals surface area contributed by atoms with Crippen molar-refractivity contribution in [2.75, 3.05) is 0 Å². The largest absolute Gasteiger partial charge is 0.241 e. The van der Waals surface area contributed by atoms with Crippen LogP contribution in [0.25, 0.3) is 0 Å². The van der Waals surface area contributed by atoms with Gasteiger partial charge < -0.3 is 0 Å². The van der Waals surface area contributed by atoms with E-state index in [1.54, 1.807) is 0 Å². The lowest BCUT2D eigenvalue weighted by molar-refractivity contribution is 1.00. The van der Waals surface area contributed by atoms with E-state index in [4.69, 9.17) is 0 Å². The molecule has 0 saturated carbocycles. The van der Waals surface area contributed by atoms with Gasteiger partial charge in [-0.25, -0.2) is 9.97 Å². The van der Waals surface area contributed by atoms with Crippen LogP contribution in [0.2, 0.25) is 0 Å². The van der Waals surface area contributed by atoms with Crippen LogP contribution in [0.15, 0.2) is 30.6 Å². The predicted molar refractivity (Wildman–Crippen MR) is 59.6 cm³/mol. The molecule has 0 aliphatic rings. The van der Waals surface area contributed by atoms with Gasteiger partial charge in [-0.1, -0.05) is 24.3 Å². The highest BCUT2D eigenvalue weighted by Crippen LogP contribution is 2.13. The first-order valence-electron chi connectivity index (χ1n) is 5.00. The number of benzene rings is 1. The summed E-state index contributed by atoms with van der Waals surface area (Å²) in [6.45, 7) is 4.11. The van der Waals surface area contributed by atoms with Crippen molar-refractivity contribution < 1.29 is 0 Å². The normalized spacial score (nSPS) is 10.3. The molecule has 0 saturated heterocycles. The fraction of sp³-hybridized carbons (Fsp3) is 0.231. The lowest BCUT2D eigenvalue weighted by Crippen LogP contribution is -1.97. The first kappa shape index (κ1) is 9.84. The van der Waals surface area contributed by atoms with E-state index in [1.807, 2.05) is 6.92 Å². The zero-order valence-electron chi connectivity index (χ0n) is 8.99. The highest BCUT2D eigenvalue weighted by atomic mass is 14.8.